The molecule has 0 aliphatic rings. The number of aliphatic hydroxyl groups is 1. The van der Waals surface area contributed by atoms with Crippen LogP contribution in [0.5, 0.6) is 11.5 Å². The Bertz CT molecular complexity index is 647. The van der Waals surface area contributed by atoms with Crippen LogP contribution in [0.4, 0.5) is 0 Å². The van der Waals surface area contributed by atoms with Gasteiger partial charge in [-0.1, -0.05) is 35.9 Å². The third kappa shape index (κ3) is 6.74. The van der Waals surface area contributed by atoms with Crippen molar-refractivity contribution < 1.29 is 14.6 Å². The van der Waals surface area contributed by atoms with Crippen molar-refractivity contribution in [1.29, 1.82) is 0 Å². The molecule has 2 rings (SSSR count). The first-order valence-electron chi connectivity index (χ1n) is 8.60. The molecule has 2 aromatic carbocycles. The highest BCUT2D eigenvalue weighted by molar-refractivity contribution is 5.43. The molecule has 0 atom stereocenters. The Kier molecular flexibility index (Phi) is 8.25. The molecule has 0 spiro atoms. The van der Waals surface area contributed by atoms with Crippen LogP contribution in [0.25, 0.3) is 0 Å². The maximum atomic E-state index is 8.71. The van der Waals surface area contributed by atoms with E-state index in [1.165, 1.54) is 5.56 Å². The van der Waals surface area contributed by atoms with Crippen LogP contribution >= 0.6 is 0 Å². The van der Waals surface area contributed by atoms with Crippen LogP contribution in [0.2, 0.25) is 0 Å². The second-order valence-corrected chi connectivity index (χ2v) is 5.91. The zero-order valence-electron chi connectivity index (χ0n) is 15.0. The highest BCUT2D eigenvalue weighted by Gasteiger charge is 2.06. The molecule has 2 aromatic rings. The Morgan fingerprint density at radius 2 is 1.76 bits per heavy atom. The SMILES string of the molecule is COc1cc(CNCCNCCO)ccc1OCc1cccc(C)c1. The summed E-state index contributed by atoms with van der Waals surface area (Å²) in [5, 5.41) is 15.2. The van der Waals surface area contributed by atoms with Gasteiger partial charge in [0.15, 0.2) is 11.5 Å². The maximum absolute atomic E-state index is 8.71. The number of aliphatic hydroxyl groups excluding tert-OH is 1. The fraction of sp³-hybridized carbons (Fsp3) is 0.400. The van der Waals surface area contributed by atoms with Crippen LogP contribution in [0.1, 0.15) is 16.7 Å². The number of ether oxygens (including phenoxy) is 2. The van der Waals surface area contributed by atoms with Crippen molar-refractivity contribution in [2.45, 2.75) is 20.1 Å². The molecule has 0 aromatic heterocycles. The fourth-order valence-electron chi connectivity index (χ4n) is 2.52. The maximum Gasteiger partial charge on any atom is 0.161 e. The summed E-state index contributed by atoms with van der Waals surface area (Å²) < 4.78 is 11.4. The Balaban J connectivity index is 1.85. The average molecular weight is 344 g/mol. The molecule has 0 fully saturated rings. The first-order valence-corrected chi connectivity index (χ1v) is 8.60. The molecule has 0 aliphatic carbocycles. The molecule has 0 saturated carbocycles. The molecular formula is C20H28N2O3. The van der Waals surface area contributed by atoms with Crippen molar-refractivity contribution >= 4 is 0 Å². The normalized spacial score (nSPS) is 10.7. The Hall–Kier alpha value is -2.08. The second-order valence-electron chi connectivity index (χ2n) is 5.91. The topological polar surface area (TPSA) is 62.8 Å². The summed E-state index contributed by atoms with van der Waals surface area (Å²) in [5.41, 5.74) is 3.51. The number of methoxy groups -OCH3 is 1. The van der Waals surface area contributed by atoms with Crippen LogP contribution in [-0.4, -0.2) is 38.5 Å². The molecule has 0 amide bonds. The van der Waals surface area contributed by atoms with E-state index in [2.05, 4.69) is 35.8 Å². The highest BCUT2D eigenvalue weighted by atomic mass is 16.5. The molecule has 0 radical (unpaired) electrons. The monoisotopic (exact) mass is 344 g/mol. The summed E-state index contributed by atoms with van der Waals surface area (Å²) in [4.78, 5) is 0. The van der Waals surface area contributed by atoms with Gasteiger partial charge in [0.05, 0.1) is 13.7 Å². The van der Waals surface area contributed by atoms with Crippen molar-refractivity contribution in [3.8, 4) is 11.5 Å². The van der Waals surface area contributed by atoms with Crippen molar-refractivity contribution in [2.75, 3.05) is 33.4 Å². The third-order valence-corrected chi connectivity index (χ3v) is 3.80. The number of hydrogen-bond acceptors (Lipinski definition) is 5. The molecule has 136 valence electrons. The zero-order chi connectivity index (χ0) is 17.9. The number of nitrogens with one attached hydrogen (secondary N) is 2. The summed E-state index contributed by atoms with van der Waals surface area (Å²) in [6, 6.07) is 14.3. The molecule has 0 unspecified atom stereocenters. The fourth-order valence-corrected chi connectivity index (χ4v) is 2.52. The third-order valence-electron chi connectivity index (χ3n) is 3.80. The van der Waals surface area contributed by atoms with Gasteiger partial charge in [0.2, 0.25) is 0 Å². The van der Waals surface area contributed by atoms with Gasteiger partial charge >= 0.3 is 0 Å². The van der Waals surface area contributed by atoms with Crippen molar-refractivity contribution in [1.82, 2.24) is 10.6 Å². The van der Waals surface area contributed by atoms with Gasteiger partial charge in [0.25, 0.3) is 0 Å². The van der Waals surface area contributed by atoms with Gasteiger partial charge in [-0.3, -0.25) is 0 Å². The predicted molar refractivity (Wildman–Crippen MR) is 100 cm³/mol. The molecular weight excluding hydrogens is 316 g/mol. The number of rotatable bonds is 11. The lowest BCUT2D eigenvalue weighted by atomic mass is 10.1. The van der Waals surface area contributed by atoms with E-state index in [-0.39, 0.29) is 6.61 Å². The summed E-state index contributed by atoms with van der Waals surface area (Å²) in [5.74, 6) is 1.49. The first kappa shape index (κ1) is 19.2. The molecule has 5 nitrogen and oxygen atoms in total. The van der Waals surface area contributed by atoms with Crippen molar-refractivity contribution in [2.24, 2.45) is 0 Å². The minimum atomic E-state index is 0.168. The molecule has 0 saturated heterocycles. The molecule has 3 N–H and O–H groups in total. The standard InChI is InChI=1S/C20H28N2O3/c1-16-4-3-5-18(12-16)15-25-19-7-6-17(13-20(19)24-2)14-22-9-8-21-10-11-23/h3-7,12-13,21-23H,8-11,14-15H2,1-2H3. The number of aryl methyl sites for hydroxylation is 1. The van der Waals surface area contributed by atoms with Gasteiger partial charge in [0, 0.05) is 26.2 Å². The lowest BCUT2D eigenvalue weighted by Crippen LogP contribution is -2.28. The smallest absolute Gasteiger partial charge is 0.161 e. The molecule has 5 heteroatoms. The van der Waals surface area contributed by atoms with E-state index in [1.54, 1.807) is 7.11 Å². The summed E-state index contributed by atoms with van der Waals surface area (Å²) in [7, 11) is 1.66. The van der Waals surface area contributed by atoms with Crippen molar-refractivity contribution in [3.63, 3.8) is 0 Å². The minimum Gasteiger partial charge on any atom is -0.493 e. The van der Waals surface area contributed by atoms with Crippen LogP contribution in [0, 0.1) is 6.92 Å². The number of hydrogen-bond donors (Lipinski definition) is 3. The van der Waals surface area contributed by atoms with Gasteiger partial charge in [0.1, 0.15) is 6.61 Å². The lowest BCUT2D eigenvalue weighted by molar-refractivity contribution is 0.284. The van der Waals surface area contributed by atoms with Crippen LogP contribution < -0.4 is 20.1 Å². The van der Waals surface area contributed by atoms with Crippen LogP contribution in [0.15, 0.2) is 42.5 Å². The van der Waals surface area contributed by atoms with Gasteiger partial charge in [-0.05, 0) is 30.2 Å². The highest BCUT2D eigenvalue weighted by Crippen LogP contribution is 2.28. The molecule has 0 heterocycles. The Morgan fingerprint density at radius 1 is 0.920 bits per heavy atom. The largest absolute Gasteiger partial charge is 0.493 e. The van der Waals surface area contributed by atoms with E-state index >= 15 is 0 Å². The van der Waals surface area contributed by atoms with E-state index in [1.807, 2.05) is 24.3 Å². The van der Waals surface area contributed by atoms with Gasteiger partial charge in [-0.2, -0.15) is 0 Å². The second kappa shape index (κ2) is 10.7. The average Bonchev–Trinajstić information content (AvgIpc) is 2.63. The van der Waals surface area contributed by atoms with E-state index in [9.17, 15) is 0 Å². The quantitative estimate of drug-likeness (QED) is 0.546. The number of benzene rings is 2. The van der Waals surface area contributed by atoms with Gasteiger partial charge < -0.3 is 25.2 Å². The predicted octanol–water partition coefficient (Wildman–Crippen LogP) is 2.25. The van der Waals surface area contributed by atoms with E-state index in [0.717, 1.165) is 42.3 Å². The first-order chi connectivity index (χ1) is 12.2. The zero-order valence-corrected chi connectivity index (χ0v) is 15.0. The molecule has 0 aliphatic heterocycles. The molecule has 25 heavy (non-hydrogen) atoms. The summed E-state index contributed by atoms with van der Waals surface area (Å²) >= 11 is 0. The van der Waals surface area contributed by atoms with E-state index in [4.69, 9.17) is 14.6 Å². The Morgan fingerprint density at radius 3 is 2.52 bits per heavy atom. The van der Waals surface area contributed by atoms with Crippen molar-refractivity contribution in [3.05, 3.63) is 59.2 Å². The lowest BCUT2D eigenvalue weighted by Gasteiger charge is -2.13. The van der Waals surface area contributed by atoms with Gasteiger partial charge in [-0.15, -0.1) is 0 Å². The van der Waals surface area contributed by atoms with E-state index < -0.39 is 0 Å². The molecule has 0 bridgehead atoms. The summed E-state index contributed by atoms with van der Waals surface area (Å²) in [6.07, 6.45) is 0. The van der Waals surface area contributed by atoms with Gasteiger partial charge in [-0.25, -0.2) is 0 Å². The van der Waals surface area contributed by atoms with Crippen LogP contribution in [0.3, 0.4) is 0 Å². The minimum absolute atomic E-state index is 0.168. The van der Waals surface area contributed by atoms with Crippen LogP contribution in [-0.2, 0) is 13.2 Å². The van der Waals surface area contributed by atoms with E-state index in [0.29, 0.717) is 13.2 Å². The summed E-state index contributed by atoms with van der Waals surface area (Å²) in [6.45, 7) is 5.82. The Labute approximate surface area is 150 Å².